The molecule has 0 heterocycles. The standard InChI is InChI=1S/C13H18F3NO2/c1-3-18-10-5-6-12(19-4-2)11(9-10)17-8-7-13(14,15)16/h5-6,9,17H,3-4,7-8H2,1-2H3. The fourth-order valence-electron chi connectivity index (χ4n) is 1.52. The average Bonchev–Trinajstić information content (AvgIpc) is 2.31. The predicted octanol–water partition coefficient (Wildman–Crippen LogP) is 3.85. The van der Waals surface area contributed by atoms with Crippen molar-refractivity contribution in [3.63, 3.8) is 0 Å². The van der Waals surface area contributed by atoms with E-state index in [2.05, 4.69) is 5.32 Å². The molecule has 0 unspecified atom stereocenters. The Morgan fingerprint density at radius 3 is 2.37 bits per heavy atom. The van der Waals surface area contributed by atoms with Crippen molar-refractivity contribution in [3.8, 4) is 11.5 Å². The second kappa shape index (κ2) is 7.11. The molecule has 1 N–H and O–H groups in total. The number of hydrogen-bond acceptors (Lipinski definition) is 3. The number of anilines is 1. The molecule has 108 valence electrons. The molecule has 0 saturated heterocycles. The summed E-state index contributed by atoms with van der Waals surface area (Å²) in [5.74, 6) is 1.12. The van der Waals surface area contributed by atoms with E-state index in [1.165, 1.54) is 0 Å². The quantitative estimate of drug-likeness (QED) is 0.821. The summed E-state index contributed by atoms with van der Waals surface area (Å²) in [7, 11) is 0. The van der Waals surface area contributed by atoms with Gasteiger partial charge in [-0.15, -0.1) is 0 Å². The Labute approximate surface area is 110 Å². The number of nitrogens with one attached hydrogen (secondary N) is 1. The van der Waals surface area contributed by atoms with Crippen LogP contribution in [-0.2, 0) is 0 Å². The Morgan fingerprint density at radius 2 is 1.79 bits per heavy atom. The van der Waals surface area contributed by atoms with E-state index in [4.69, 9.17) is 9.47 Å². The first kappa shape index (κ1) is 15.5. The van der Waals surface area contributed by atoms with Crippen molar-refractivity contribution >= 4 is 5.69 Å². The van der Waals surface area contributed by atoms with Crippen LogP contribution in [0.2, 0.25) is 0 Å². The van der Waals surface area contributed by atoms with Crippen LogP contribution in [0, 0.1) is 0 Å². The largest absolute Gasteiger partial charge is 0.494 e. The molecule has 0 bridgehead atoms. The van der Waals surface area contributed by atoms with Gasteiger partial charge in [0, 0.05) is 12.6 Å². The highest BCUT2D eigenvalue weighted by Crippen LogP contribution is 2.30. The molecule has 0 radical (unpaired) electrons. The SMILES string of the molecule is CCOc1ccc(OCC)c(NCCC(F)(F)F)c1. The van der Waals surface area contributed by atoms with Crippen LogP contribution in [0.15, 0.2) is 18.2 Å². The third kappa shape index (κ3) is 5.72. The van der Waals surface area contributed by atoms with Crippen LogP contribution in [0.1, 0.15) is 20.3 Å². The van der Waals surface area contributed by atoms with Gasteiger partial charge in [-0.25, -0.2) is 0 Å². The molecule has 0 amide bonds. The number of rotatable bonds is 7. The Hall–Kier alpha value is -1.59. The van der Waals surface area contributed by atoms with Gasteiger partial charge in [-0.05, 0) is 26.0 Å². The summed E-state index contributed by atoms with van der Waals surface area (Å²) in [6.45, 7) is 4.40. The second-order valence-electron chi connectivity index (χ2n) is 3.82. The molecule has 0 spiro atoms. The molecule has 0 aromatic heterocycles. The van der Waals surface area contributed by atoms with E-state index in [0.29, 0.717) is 30.4 Å². The molecule has 1 rings (SSSR count). The van der Waals surface area contributed by atoms with Gasteiger partial charge in [0.25, 0.3) is 0 Å². The number of halogens is 3. The second-order valence-corrected chi connectivity index (χ2v) is 3.82. The van der Waals surface area contributed by atoms with Crippen LogP contribution in [0.5, 0.6) is 11.5 Å². The van der Waals surface area contributed by atoms with E-state index in [1.807, 2.05) is 13.8 Å². The maximum Gasteiger partial charge on any atom is 0.390 e. The minimum Gasteiger partial charge on any atom is -0.494 e. The van der Waals surface area contributed by atoms with Crippen LogP contribution in [0.25, 0.3) is 0 Å². The lowest BCUT2D eigenvalue weighted by molar-refractivity contribution is -0.131. The fraction of sp³-hybridized carbons (Fsp3) is 0.538. The van der Waals surface area contributed by atoms with Gasteiger partial charge in [-0.2, -0.15) is 13.2 Å². The van der Waals surface area contributed by atoms with Crippen molar-refractivity contribution < 1.29 is 22.6 Å². The lowest BCUT2D eigenvalue weighted by atomic mass is 10.2. The summed E-state index contributed by atoms with van der Waals surface area (Å²) < 4.78 is 47.0. The minimum absolute atomic E-state index is 0.195. The summed E-state index contributed by atoms with van der Waals surface area (Å²) in [6.07, 6.45) is -5.06. The highest BCUT2D eigenvalue weighted by atomic mass is 19.4. The molecule has 0 atom stereocenters. The van der Waals surface area contributed by atoms with E-state index >= 15 is 0 Å². The minimum atomic E-state index is -4.17. The summed E-state index contributed by atoms with van der Waals surface area (Å²) in [6, 6.07) is 5.05. The molecule has 0 fully saturated rings. The van der Waals surface area contributed by atoms with Crippen molar-refractivity contribution in [2.24, 2.45) is 0 Å². The van der Waals surface area contributed by atoms with Crippen LogP contribution < -0.4 is 14.8 Å². The predicted molar refractivity (Wildman–Crippen MR) is 67.9 cm³/mol. The zero-order valence-electron chi connectivity index (χ0n) is 11.0. The van der Waals surface area contributed by atoms with Crippen molar-refractivity contribution in [2.45, 2.75) is 26.4 Å². The average molecular weight is 277 g/mol. The summed E-state index contributed by atoms with van der Waals surface area (Å²) in [5.41, 5.74) is 0.511. The van der Waals surface area contributed by atoms with E-state index in [1.54, 1.807) is 18.2 Å². The monoisotopic (exact) mass is 277 g/mol. The molecule has 19 heavy (non-hydrogen) atoms. The first-order valence-corrected chi connectivity index (χ1v) is 6.16. The van der Waals surface area contributed by atoms with Gasteiger partial charge in [0.2, 0.25) is 0 Å². The van der Waals surface area contributed by atoms with Crippen LogP contribution in [-0.4, -0.2) is 25.9 Å². The van der Waals surface area contributed by atoms with Crippen molar-refractivity contribution in [2.75, 3.05) is 25.1 Å². The lowest BCUT2D eigenvalue weighted by Crippen LogP contribution is -2.15. The number of ether oxygens (including phenoxy) is 2. The number of hydrogen-bond donors (Lipinski definition) is 1. The maximum absolute atomic E-state index is 12.1. The molecule has 0 aliphatic carbocycles. The number of alkyl halides is 3. The zero-order valence-corrected chi connectivity index (χ0v) is 11.0. The third-order valence-corrected chi connectivity index (χ3v) is 2.29. The first-order valence-electron chi connectivity index (χ1n) is 6.16. The van der Waals surface area contributed by atoms with Gasteiger partial charge in [-0.1, -0.05) is 0 Å². The van der Waals surface area contributed by atoms with Gasteiger partial charge in [0.15, 0.2) is 0 Å². The smallest absolute Gasteiger partial charge is 0.390 e. The lowest BCUT2D eigenvalue weighted by Gasteiger charge is -2.15. The number of benzene rings is 1. The Balaban J connectivity index is 2.73. The Bertz CT molecular complexity index is 394. The molecule has 0 saturated carbocycles. The highest BCUT2D eigenvalue weighted by Gasteiger charge is 2.26. The zero-order chi connectivity index (χ0) is 14.3. The Morgan fingerprint density at radius 1 is 1.11 bits per heavy atom. The van der Waals surface area contributed by atoms with E-state index in [9.17, 15) is 13.2 Å². The Kier molecular flexibility index (Phi) is 5.79. The topological polar surface area (TPSA) is 30.5 Å². The van der Waals surface area contributed by atoms with Crippen molar-refractivity contribution in [1.29, 1.82) is 0 Å². The van der Waals surface area contributed by atoms with Crippen LogP contribution in [0.4, 0.5) is 18.9 Å². The highest BCUT2D eigenvalue weighted by molar-refractivity contribution is 5.59. The normalized spacial score (nSPS) is 11.2. The van der Waals surface area contributed by atoms with Gasteiger partial charge in [0.05, 0.1) is 25.3 Å². The van der Waals surface area contributed by atoms with Crippen LogP contribution in [0.3, 0.4) is 0 Å². The summed E-state index contributed by atoms with van der Waals surface area (Å²) in [5, 5.41) is 2.73. The van der Waals surface area contributed by atoms with Gasteiger partial charge >= 0.3 is 6.18 Å². The molecule has 1 aromatic rings. The molecule has 1 aromatic carbocycles. The van der Waals surface area contributed by atoms with Crippen molar-refractivity contribution in [1.82, 2.24) is 0 Å². The van der Waals surface area contributed by atoms with Crippen LogP contribution >= 0.6 is 0 Å². The van der Waals surface area contributed by atoms with E-state index < -0.39 is 12.6 Å². The van der Waals surface area contributed by atoms with Gasteiger partial charge < -0.3 is 14.8 Å². The van der Waals surface area contributed by atoms with Crippen molar-refractivity contribution in [3.05, 3.63) is 18.2 Å². The fourth-order valence-corrected chi connectivity index (χ4v) is 1.52. The third-order valence-electron chi connectivity index (χ3n) is 2.29. The first-order chi connectivity index (χ1) is 8.96. The molecular formula is C13H18F3NO2. The van der Waals surface area contributed by atoms with Gasteiger partial charge in [-0.3, -0.25) is 0 Å². The maximum atomic E-state index is 12.1. The van der Waals surface area contributed by atoms with E-state index in [0.717, 1.165) is 0 Å². The van der Waals surface area contributed by atoms with Gasteiger partial charge in [0.1, 0.15) is 11.5 Å². The molecular weight excluding hydrogens is 259 g/mol. The molecule has 0 aliphatic heterocycles. The molecule has 6 heteroatoms. The summed E-state index contributed by atoms with van der Waals surface area (Å²) >= 11 is 0. The summed E-state index contributed by atoms with van der Waals surface area (Å²) in [4.78, 5) is 0. The van der Waals surface area contributed by atoms with E-state index in [-0.39, 0.29) is 6.54 Å². The molecule has 3 nitrogen and oxygen atoms in total. The molecule has 0 aliphatic rings.